The van der Waals surface area contributed by atoms with Gasteiger partial charge in [0, 0.05) is 23.7 Å². The molecule has 4 nitrogen and oxygen atoms in total. The highest BCUT2D eigenvalue weighted by Gasteiger charge is 2.22. The Hall–Kier alpha value is -1.46. The van der Waals surface area contributed by atoms with Crippen molar-refractivity contribution in [3.63, 3.8) is 0 Å². The van der Waals surface area contributed by atoms with Crippen LogP contribution in [0.15, 0.2) is 24.3 Å². The van der Waals surface area contributed by atoms with Gasteiger partial charge in [-0.1, -0.05) is 38.2 Å². The van der Waals surface area contributed by atoms with Crippen LogP contribution >= 0.6 is 12.2 Å². The van der Waals surface area contributed by atoms with E-state index in [0.717, 1.165) is 12.8 Å². The molecule has 1 aromatic carbocycles. The first kappa shape index (κ1) is 16.6. The zero-order chi connectivity index (χ0) is 15.1. The predicted molar refractivity (Wildman–Crippen MR) is 84.8 cm³/mol. The first-order chi connectivity index (χ1) is 9.54. The third kappa shape index (κ3) is 4.02. The highest BCUT2D eigenvalue weighted by molar-refractivity contribution is 7.80. The van der Waals surface area contributed by atoms with Crippen molar-refractivity contribution in [1.82, 2.24) is 4.90 Å². The molecule has 0 aliphatic heterocycles. The topological polar surface area (TPSA) is 66.6 Å². The molecule has 1 rings (SSSR count). The van der Waals surface area contributed by atoms with E-state index in [-0.39, 0.29) is 23.5 Å². The number of hydrogen-bond donors (Lipinski definition) is 2. The lowest BCUT2D eigenvalue weighted by molar-refractivity contribution is 0.0622. The summed E-state index contributed by atoms with van der Waals surface area (Å²) in [6.07, 6.45) is 1.72. The number of carbonyl (C=O) groups excluding carboxylic acids is 1. The van der Waals surface area contributed by atoms with Crippen LogP contribution in [0.25, 0.3) is 0 Å². The van der Waals surface area contributed by atoms with Crippen molar-refractivity contribution in [2.45, 2.75) is 32.7 Å². The number of hydrogen-bond acceptors (Lipinski definition) is 3. The van der Waals surface area contributed by atoms with Crippen LogP contribution in [-0.4, -0.2) is 40.1 Å². The smallest absolute Gasteiger partial charge is 0.254 e. The molecule has 0 fully saturated rings. The van der Waals surface area contributed by atoms with Crippen LogP contribution in [0.1, 0.15) is 42.6 Å². The van der Waals surface area contributed by atoms with E-state index < -0.39 is 0 Å². The molecular weight excluding hydrogens is 272 g/mol. The first-order valence-electron chi connectivity index (χ1n) is 6.86. The van der Waals surface area contributed by atoms with Gasteiger partial charge < -0.3 is 15.7 Å². The van der Waals surface area contributed by atoms with Crippen LogP contribution < -0.4 is 5.73 Å². The second-order valence-corrected chi connectivity index (χ2v) is 5.08. The lowest BCUT2D eigenvalue weighted by atomic mass is 10.1. The maximum Gasteiger partial charge on any atom is 0.254 e. The van der Waals surface area contributed by atoms with Gasteiger partial charge in [0.2, 0.25) is 0 Å². The fourth-order valence-electron chi connectivity index (χ4n) is 2.26. The highest BCUT2D eigenvalue weighted by Crippen LogP contribution is 2.14. The van der Waals surface area contributed by atoms with Crippen LogP contribution in [0.3, 0.4) is 0 Å². The second-order valence-electron chi connectivity index (χ2n) is 4.64. The van der Waals surface area contributed by atoms with E-state index >= 15 is 0 Å². The molecule has 0 saturated heterocycles. The second kappa shape index (κ2) is 7.97. The normalized spacial score (nSPS) is 10.6. The molecule has 0 heterocycles. The Kier molecular flexibility index (Phi) is 6.61. The SMILES string of the molecule is CCC(CC)N(CCO)C(=O)c1cccc(C(N)=S)c1. The van der Waals surface area contributed by atoms with Crippen molar-refractivity contribution in [2.75, 3.05) is 13.2 Å². The summed E-state index contributed by atoms with van der Waals surface area (Å²) in [6.45, 7) is 4.37. The van der Waals surface area contributed by atoms with Gasteiger partial charge in [-0.05, 0) is 25.0 Å². The van der Waals surface area contributed by atoms with Crippen LogP contribution in [0.2, 0.25) is 0 Å². The number of amides is 1. The summed E-state index contributed by atoms with van der Waals surface area (Å²) in [5.74, 6) is -0.0918. The van der Waals surface area contributed by atoms with E-state index in [1.165, 1.54) is 0 Å². The fourth-order valence-corrected chi connectivity index (χ4v) is 2.39. The van der Waals surface area contributed by atoms with Gasteiger partial charge in [0.05, 0.1) is 6.61 Å². The van der Waals surface area contributed by atoms with Crippen molar-refractivity contribution in [3.05, 3.63) is 35.4 Å². The molecule has 5 heteroatoms. The Morgan fingerprint density at radius 2 is 1.95 bits per heavy atom. The average molecular weight is 294 g/mol. The van der Waals surface area contributed by atoms with E-state index in [1.807, 2.05) is 13.8 Å². The van der Waals surface area contributed by atoms with Crippen molar-refractivity contribution >= 4 is 23.1 Å². The summed E-state index contributed by atoms with van der Waals surface area (Å²) < 4.78 is 0. The summed E-state index contributed by atoms with van der Waals surface area (Å²) in [6, 6.07) is 7.13. The molecule has 0 bridgehead atoms. The van der Waals surface area contributed by atoms with Gasteiger partial charge in [0.15, 0.2) is 0 Å². The molecule has 0 radical (unpaired) electrons. The molecular formula is C15H22N2O2S. The minimum Gasteiger partial charge on any atom is -0.395 e. The number of benzene rings is 1. The van der Waals surface area contributed by atoms with E-state index in [1.54, 1.807) is 29.2 Å². The van der Waals surface area contributed by atoms with Crippen LogP contribution in [0.4, 0.5) is 0 Å². The van der Waals surface area contributed by atoms with Crippen molar-refractivity contribution in [2.24, 2.45) is 5.73 Å². The van der Waals surface area contributed by atoms with Gasteiger partial charge in [-0.3, -0.25) is 4.79 Å². The number of thiocarbonyl (C=S) groups is 1. The van der Waals surface area contributed by atoms with Gasteiger partial charge in [0.1, 0.15) is 4.99 Å². The lowest BCUT2D eigenvalue weighted by Gasteiger charge is -2.30. The van der Waals surface area contributed by atoms with Crippen molar-refractivity contribution < 1.29 is 9.90 Å². The Balaban J connectivity index is 3.05. The first-order valence-corrected chi connectivity index (χ1v) is 7.27. The molecule has 20 heavy (non-hydrogen) atoms. The fraction of sp³-hybridized carbons (Fsp3) is 0.467. The Morgan fingerprint density at radius 1 is 1.35 bits per heavy atom. The Bertz CT molecular complexity index is 473. The number of carbonyl (C=O) groups is 1. The average Bonchev–Trinajstić information content (AvgIpc) is 2.47. The molecule has 0 aromatic heterocycles. The van der Waals surface area contributed by atoms with Crippen LogP contribution in [0.5, 0.6) is 0 Å². The van der Waals surface area contributed by atoms with Crippen LogP contribution in [-0.2, 0) is 0 Å². The zero-order valence-electron chi connectivity index (χ0n) is 12.0. The maximum absolute atomic E-state index is 12.6. The quantitative estimate of drug-likeness (QED) is 0.754. The number of aliphatic hydroxyl groups is 1. The molecule has 0 atom stereocenters. The van der Waals surface area contributed by atoms with Crippen molar-refractivity contribution in [1.29, 1.82) is 0 Å². The number of nitrogens with two attached hydrogens (primary N) is 1. The van der Waals surface area contributed by atoms with Gasteiger partial charge in [-0.25, -0.2) is 0 Å². The summed E-state index contributed by atoms with van der Waals surface area (Å²) >= 11 is 4.94. The molecule has 0 aliphatic rings. The van der Waals surface area contributed by atoms with E-state index in [9.17, 15) is 9.90 Å². The molecule has 1 amide bonds. The Morgan fingerprint density at radius 3 is 2.45 bits per heavy atom. The van der Waals surface area contributed by atoms with Gasteiger partial charge >= 0.3 is 0 Å². The predicted octanol–water partition coefficient (Wildman–Crippen LogP) is 1.94. The molecule has 110 valence electrons. The monoisotopic (exact) mass is 294 g/mol. The largest absolute Gasteiger partial charge is 0.395 e. The van der Waals surface area contributed by atoms with Gasteiger partial charge in [-0.15, -0.1) is 0 Å². The van der Waals surface area contributed by atoms with E-state index in [4.69, 9.17) is 18.0 Å². The Labute approximate surface area is 125 Å². The standard InChI is InChI=1S/C15H22N2O2S/c1-3-13(4-2)17(8-9-18)15(19)12-7-5-6-11(10-12)14(16)20/h5-7,10,13,18H,3-4,8-9H2,1-2H3,(H2,16,20). The summed E-state index contributed by atoms with van der Waals surface area (Å²) in [7, 11) is 0. The summed E-state index contributed by atoms with van der Waals surface area (Å²) in [4.78, 5) is 14.6. The molecule has 0 spiro atoms. The maximum atomic E-state index is 12.6. The van der Waals surface area contributed by atoms with Crippen LogP contribution in [0, 0.1) is 0 Å². The highest BCUT2D eigenvalue weighted by atomic mass is 32.1. The third-order valence-corrected chi connectivity index (χ3v) is 3.61. The number of nitrogens with zero attached hydrogens (tertiary/aromatic N) is 1. The minimum atomic E-state index is -0.0918. The van der Waals surface area contributed by atoms with E-state index in [2.05, 4.69) is 0 Å². The third-order valence-electron chi connectivity index (χ3n) is 3.38. The number of rotatable bonds is 7. The molecule has 0 unspecified atom stereocenters. The van der Waals surface area contributed by atoms with E-state index in [0.29, 0.717) is 17.7 Å². The molecule has 0 saturated carbocycles. The van der Waals surface area contributed by atoms with Gasteiger partial charge in [0.25, 0.3) is 5.91 Å². The lowest BCUT2D eigenvalue weighted by Crippen LogP contribution is -2.41. The van der Waals surface area contributed by atoms with Crippen molar-refractivity contribution in [3.8, 4) is 0 Å². The molecule has 1 aromatic rings. The summed E-state index contributed by atoms with van der Waals surface area (Å²) in [5.41, 5.74) is 6.83. The minimum absolute atomic E-state index is 0.0444. The number of aliphatic hydroxyl groups excluding tert-OH is 1. The summed E-state index contributed by atoms with van der Waals surface area (Å²) in [5, 5.41) is 9.18. The molecule has 0 aliphatic carbocycles. The zero-order valence-corrected chi connectivity index (χ0v) is 12.8. The van der Waals surface area contributed by atoms with Gasteiger partial charge in [-0.2, -0.15) is 0 Å². The molecule has 3 N–H and O–H groups in total.